The van der Waals surface area contributed by atoms with E-state index in [-0.39, 0.29) is 7.19 Å². The van der Waals surface area contributed by atoms with E-state index in [0.717, 1.165) is 25.7 Å². The van der Waals surface area contributed by atoms with Crippen LogP contribution >= 0.6 is 0 Å². The maximum atomic E-state index is 5.74. The first kappa shape index (κ1) is 15.1. The van der Waals surface area contributed by atoms with Crippen molar-refractivity contribution in [1.82, 2.24) is 14.2 Å². The van der Waals surface area contributed by atoms with Crippen LogP contribution in [0.25, 0.3) is 0 Å². The highest BCUT2D eigenvalue weighted by molar-refractivity contribution is 6.84. The Hall–Kier alpha value is 0.0348. The average molecular weight is 237 g/mol. The van der Waals surface area contributed by atoms with Crippen molar-refractivity contribution in [2.45, 2.75) is 40.3 Å². The van der Waals surface area contributed by atoms with Crippen LogP contribution in [-0.2, 0) is 4.65 Å². The molecule has 0 radical (unpaired) electrons. The molecule has 1 heterocycles. The van der Waals surface area contributed by atoms with Gasteiger partial charge >= 0.3 is 7.19 Å². The molecular weight excluding hydrogens is 211 g/mol. The Morgan fingerprint density at radius 1 is 0.882 bits per heavy atom. The van der Waals surface area contributed by atoms with E-state index in [2.05, 4.69) is 48.9 Å². The summed E-state index contributed by atoms with van der Waals surface area (Å²) in [5, 5.41) is 0. The number of rotatable bonds is 5. The Morgan fingerprint density at radius 2 is 1.29 bits per heavy atom. The molecule has 7 heteroatoms. The first-order chi connectivity index (χ1) is 8.15. The van der Waals surface area contributed by atoms with Gasteiger partial charge in [-0.25, -0.2) is 0 Å². The maximum Gasteiger partial charge on any atom is 0.457 e. The van der Waals surface area contributed by atoms with Gasteiger partial charge in [0.1, 0.15) is 0 Å². The Labute approximate surface area is 108 Å². The normalized spacial score (nSPS) is 20.5. The topological polar surface area (TPSA) is 19.0 Å². The second-order valence-corrected chi connectivity index (χ2v) is 4.67. The van der Waals surface area contributed by atoms with Crippen LogP contribution in [0, 0.1) is 0 Å². The van der Waals surface area contributed by atoms with Gasteiger partial charge in [0, 0.05) is 7.11 Å². The van der Waals surface area contributed by atoms with Gasteiger partial charge in [0.05, 0.1) is 0 Å². The maximum absolute atomic E-state index is 5.74. The van der Waals surface area contributed by atoms with Crippen LogP contribution in [0.15, 0.2) is 0 Å². The summed E-state index contributed by atoms with van der Waals surface area (Å²) in [7, 11) is 4.18. The van der Waals surface area contributed by atoms with Crippen molar-refractivity contribution in [1.29, 1.82) is 0 Å². The molecule has 0 aliphatic carbocycles. The third-order valence-corrected chi connectivity index (χ3v) is 3.94. The van der Waals surface area contributed by atoms with E-state index in [1.165, 1.54) is 0 Å². The summed E-state index contributed by atoms with van der Waals surface area (Å²) in [5.41, 5.74) is 0. The Bertz CT molecular complexity index is 215. The van der Waals surface area contributed by atoms with Crippen LogP contribution in [0.3, 0.4) is 0 Å². The van der Waals surface area contributed by atoms with Crippen molar-refractivity contribution >= 4 is 21.2 Å². The molecule has 0 saturated carbocycles. The zero-order chi connectivity index (χ0) is 13.0. The van der Waals surface area contributed by atoms with Crippen molar-refractivity contribution < 1.29 is 4.65 Å². The minimum absolute atomic E-state index is 0.121. The molecule has 1 saturated heterocycles. The number of nitrogens with zero attached hydrogens (tertiary/aromatic N) is 3. The van der Waals surface area contributed by atoms with E-state index < -0.39 is 0 Å². The molecule has 96 valence electrons. The molecule has 1 fully saturated rings. The lowest BCUT2D eigenvalue weighted by atomic mass is 9.46. The Kier molecular flexibility index (Phi) is 6.07. The van der Waals surface area contributed by atoms with Gasteiger partial charge in [-0.05, 0) is 32.8 Å². The molecule has 4 nitrogen and oxygen atoms in total. The van der Waals surface area contributed by atoms with E-state index in [1.54, 1.807) is 0 Å². The fraction of sp³-hybridized carbons (Fsp3) is 1.00. The van der Waals surface area contributed by atoms with Gasteiger partial charge in [-0.15, -0.1) is 0 Å². The van der Waals surface area contributed by atoms with Gasteiger partial charge in [0.15, 0.2) is 0 Å². The Balaban J connectivity index is 2.99. The minimum atomic E-state index is 0.121. The van der Waals surface area contributed by atoms with E-state index in [4.69, 9.17) is 4.65 Å². The molecule has 17 heavy (non-hydrogen) atoms. The van der Waals surface area contributed by atoms with Crippen molar-refractivity contribution in [3.8, 4) is 0 Å². The highest BCUT2D eigenvalue weighted by atomic mass is 16.4. The molecule has 0 N–H and O–H groups in total. The van der Waals surface area contributed by atoms with Crippen molar-refractivity contribution in [3.05, 3.63) is 0 Å². The third kappa shape index (κ3) is 2.73. The van der Waals surface area contributed by atoms with E-state index >= 15 is 0 Å². The van der Waals surface area contributed by atoms with Gasteiger partial charge in [-0.1, -0.05) is 27.7 Å². The predicted octanol–water partition coefficient (Wildman–Crippen LogP) is 1.22. The van der Waals surface area contributed by atoms with Gasteiger partial charge in [-0.2, -0.15) is 0 Å². The predicted molar refractivity (Wildman–Crippen MR) is 77.8 cm³/mol. The first-order valence-corrected chi connectivity index (χ1v) is 6.92. The second kappa shape index (κ2) is 6.83. The summed E-state index contributed by atoms with van der Waals surface area (Å²) in [6, 6.07) is 0. The first-order valence-electron chi connectivity index (χ1n) is 6.92. The smallest absolute Gasteiger partial charge is 0.412 e. The quantitative estimate of drug-likeness (QED) is 0.669. The van der Waals surface area contributed by atoms with Crippen molar-refractivity contribution in [2.24, 2.45) is 0 Å². The van der Waals surface area contributed by atoms with Crippen LogP contribution in [0.4, 0.5) is 0 Å². The van der Waals surface area contributed by atoms with E-state index in [1.807, 2.05) is 7.11 Å². The molecule has 0 aromatic carbocycles. The van der Waals surface area contributed by atoms with Crippen LogP contribution in [-0.4, -0.2) is 62.6 Å². The average Bonchev–Trinajstić information content (AvgIpc) is 2.36. The zero-order valence-electron chi connectivity index (χ0n) is 12.3. The van der Waals surface area contributed by atoms with E-state index in [9.17, 15) is 0 Å². The lowest BCUT2D eigenvalue weighted by Crippen LogP contribution is -2.76. The molecule has 1 aliphatic heterocycles. The summed E-state index contributed by atoms with van der Waals surface area (Å²) in [4.78, 5) is 0. The lowest BCUT2D eigenvalue weighted by Gasteiger charge is -2.51. The highest BCUT2D eigenvalue weighted by Gasteiger charge is 2.49. The second-order valence-electron chi connectivity index (χ2n) is 4.67. The molecule has 0 bridgehead atoms. The van der Waals surface area contributed by atoms with E-state index in [0.29, 0.717) is 14.0 Å². The largest absolute Gasteiger partial charge is 0.457 e. The van der Waals surface area contributed by atoms with Crippen LogP contribution in [0.5, 0.6) is 0 Å². The molecule has 1 aliphatic rings. The third-order valence-electron chi connectivity index (χ3n) is 3.94. The van der Waals surface area contributed by atoms with Gasteiger partial charge in [0.25, 0.3) is 14.0 Å². The van der Waals surface area contributed by atoms with Crippen molar-refractivity contribution in [2.75, 3.05) is 27.2 Å². The van der Waals surface area contributed by atoms with Gasteiger partial charge in [-0.3, -0.25) is 0 Å². The summed E-state index contributed by atoms with van der Waals surface area (Å²) in [5.74, 6) is 0. The summed E-state index contributed by atoms with van der Waals surface area (Å²) >= 11 is 0. The molecule has 1 rings (SSSR count). The summed E-state index contributed by atoms with van der Waals surface area (Å²) in [6.07, 6.45) is 2.27. The minimum Gasteiger partial charge on any atom is -0.412 e. The van der Waals surface area contributed by atoms with Crippen LogP contribution in [0.2, 0.25) is 12.6 Å². The zero-order valence-corrected chi connectivity index (χ0v) is 12.3. The Morgan fingerprint density at radius 3 is 1.53 bits per heavy atom. The highest BCUT2D eigenvalue weighted by Crippen LogP contribution is 2.22. The van der Waals surface area contributed by atoms with Crippen LogP contribution < -0.4 is 0 Å². The van der Waals surface area contributed by atoms with Crippen molar-refractivity contribution in [3.63, 3.8) is 0 Å². The monoisotopic (exact) mass is 237 g/mol. The SMILES string of the molecule is CCB1N(C)B(CC)N(CC)B(OC)N1CC. The molecule has 0 aromatic heterocycles. The standard InChI is InChI=1S/C10H26B3N3O/c1-7-11-14(5)12(8-2)16(10-4)13(17-6)15(11)9-3/h7-10H2,1-6H3. The molecular formula is C10H26B3N3O. The molecule has 0 amide bonds. The number of hydrogen-bond acceptors (Lipinski definition) is 4. The summed E-state index contributed by atoms with van der Waals surface area (Å²) < 4.78 is 13.1. The number of hydrogen-bond donors (Lipinski definition) is 0. The molecule has 0 aromatic rings. The van der Waals surface area contributed by atoms with Gasteiger partial charge < -0.3 is 18.8 Å². The fourth-order valence-corrected chi connectivity index (χ4v) is 3.20. The van der Waals surface area contributed by atoms with Gasteiger partial charge in [0.2, 0.25) is 0 Å². The van der Waals surface area contributed by atoms with Crippen LogP contribution in [0.1, 0.15) is 27.7 Å². The lowest BCUT2D eigenvalue weighted by molar-refractivity contribution is 0.304. The molecule has 0 unspecified atom stereocenters. The molecule has 0 spiro atoms. The summed E-state index contributed by atoms with van der Waals surface area (Å²) in [6.45, 7) is 11.9. The molecule has 0 atom stereocenters. The fourth-order valence-electron chi connectivity index (χ4n) is 3.20.